The number of benzene rings is 2. The maximum absolute atomic E-state index is 13.5. The average Bonchev–Trinajstić information content (AvgIpc) is 3.24. The van der Waals surface area contributed by atoms with Gasteiger partial charge in [-0.3, -0.25) is 4.79 Å². The van der Waals surface area contributed by atoms with E-state index in [0.717, 1.165) is 16.4 Å². The second kappa shape index (κ2) is 8.74. The van der Waals surface area contributed by atoms with Crippen molar-refractivity contribution < 1.29 is 31.1 Å². The second-order valence-electron chi connectivity index (χ2n) is 7.97. The normalized spacial score (nSPS) is 16.2. The van der Waals surface area contributed by atoms with Crippen LogP contribution < -0.4 is 10.1 Å². The largest absolute Gasteiger partial charge is 0.495 e. The summed E-state index contributed by atoms with van der Waals surface area (Å²) in [5, 5.41) is 2.72. The molecule has 1 aliphatic rings. The Bertz CT molecular complexity index is 1110. The van der Waals surface area contributed by atoms with Crippen LogP contribution in [0.3, 0.4) is 0 Å². The fourth-order valence-corrected chi connectivity index (χ4v) is 4.95. The van der Waals surface area contributed by atoms with E-state index >= 15 is 0 Å². The number of carbonyl (C=O) groups excluding carboxylic acids is 1. The molecule has 0 atom stereocenters. The van der Waals surface area contributed by atoms with Crippen LogP contribution in [0.15, 0.2) is 47.4 Å². The zero-order chi connectivity index (χ0) is 23.7. The number of methoxy groups -OCH3 is 1. The lowest BCUT2D eigenvalue weighted by Gasteiger charge is -2.29. The average molecular weight is 471 g/mol. The first-order valence-corrected chi connectivity index (χ1v) is 11.5. The smallest absolute Gasteiger partial charge is 0.416 e. The molecule has 0 unspecified atom stereocenters. The first kappa shape index (κ1) is 24.1. The van der Waals surface area contributed by atoms with E-state index in [-0.39, 0.29) is 16.3 Å². The van der Waals surface area contributed by atoms with Crippen LogP contribution in [0, 0.1) is 0 Å². The Hall–Kier alpha value is -2.59. The van der Waals surface area contributed by atoms with Gasteiger partial charge in [0.25, 0.3) is 0 Å². The number of alkyl halides is 3. The van der Waals surface area contributed by atoms with E-state index in [1.54, 1.807) is 0 Å². The highest BCUT2D eigenvalue weighted by Gasteiger charge is 2.44. The van der Waals surface area contributed by atoms with E-state index in [9.17, 15) is 26.4 Å². The number of nitrogens with one attached hydrogen (secondary N) is 1. The van der Waals surface area contributed by atoms with Gasteiger partial charge < -0.3 is 10.1 Å². The molecule has 0 spiro atoms. The number of rotatable bonds is 6. The van der Waals surface area contributed by atoms with Gasteiger partial charge in [-0.05, 0) is 42.7 Å². The van der Waals surface area contributed by atoms with Crippen LogP contribution in [0.25, 0.3) is 0 Å². The van der Waals surface area contributed by atoms with Crippen molar-refractivity contribution >= 4 is 21.6 Å². The van der Waals surface area contributed by atoms with Gasteiger partial charge >= 0.3 is 6.18 Å². The Morgan fingerprint density at radius 3 is 2.31 bits per heavy atom. The molecule has 2 aromatic carbocycles. The van der Waals surface area contributed by atoms with Gasteiger partial charge in [-0.25, -0.2) is 12.7 Å². The van der Waals surface area contributed by atoms with Crippen molar-refractivity contribution in [3.63, 3.8) is 0 Å². The first-order chi connectivity index (χ1) is 14.9. The molecule has 2 aromatic rings. The lowest BCUT2D eigenvalue weighted by atomic mass is 9.77. The van der Waals surface area contributed by atoms with E-state index in [1.807, 2.05) is 0 Å². The molecule has 0 aliphatic heterocycles. The third kappa shape index (κ3) is 4.47. The molecular weight excluding hydrogens is 445 g/mol. The quantitative estimate of drug-likeness (QED) is 0.679. The number of ether oxygens (including phenoxy) is 1. The molecule has 0 aromatic heterocycles. The molecular formula is C22H25F3N2O4S. The molecule has 3 rings (SSSR count). The van der Waals surface area contributed by atoms with Crippen LogP contribution in [0.1, 0.15) is 36.8 Å². The highest BCUT2D eigenvalue weighted by atomic mass is 32.2. The van der Waals surface area contributed by atoms with Crippen LogP contribution >= 0.6 is 0 Å². The summed E-state index contributed by atoms with van der Waals surface area (Å²) in [4.78, 5) is 13.4. The SMILES string of the molecule is COc1ccc(S(=O)(=O)N(C)C)cc1NC(=O)C1(c2cccc(C(F)(F)F)c2)CCCC1. The molecule has 0 bridgehead atoms. The number of carbonyl (C=O) groups is 1. The van der Waals surface area contributed by atoms with Crippen LogP contribution in [-0.4, -0.2) is 39.8 Å². The highest BCUT2D eigenvalue weighted by molar-refractivity contribution is 7.89. The van der Waals surface area contributed by atoms with Gasteiger partial charge in [-0.1, -0.05) is 31.0 Å². The van der Waals surface area contributed by atoms with Gasteiger partial charge in [0.15, 0.2) is 0 Å². The number of hydrogen-bond donors (Lipinski definition) is 1. The standard InChI is InChI=1S/C22H25F3N2O4S/c1-27(2)32(29,30)17-9-10-19(31-3)18(14-17)26-20(28)21(11-4-5-12-21)15-7-6-8-16(13-15)22(23,24)25/h6-10,13-14H,4-5,11-12H2,1-3H3,(H,26,28). The van der Waals surface area contributed by atoms with Gasteiger partial charge in [-0.2, -0.15) is 13.2 Å². The van der Waals surface area contributed by atoms with Crippen LogP contribution in [0.4, 0.5) is 18.9 Å². The minimum Gasteiger partial charge on any atom is -0.495 e. The summed E-state index contributed by atoms with van der Waals surface area (Å²) < 4.78 is 71.1. The maximum atomic E-state index is 13.5. The Kier molecular flexibility index (Phi) is 6.57. The number of sulfonamides is 1. The number of amides is 1. The topological polar surface area (TPSA) is 75.7 Å². The Labute approximate surface area is 185 Å². The minimum atomic E-state index is -4.52. The van der Waals surface area contributed by atoms with Gasteiger partial charge in [0.2, 0.25) is 15.9 Å². The van der Waals surface area contributed by atoms with Crippen molar-refractivity contribution in [2.75, 3.05) is 26.5 Å². The predicted molar refractivity (Wildman–Crippen MR) is 114 cm³/mol. The zero-order valence-electron chi connectivity index (χ0n) is 18.0. The monoisotopic (exact) mass is 470 g/mol. The maximum Gasteiger partial charge on any atom is 0.416 e. The van der Waals surface area contributed by atoms with Crippen molar-refractivity contribution in [3.05, 3.63) is 53.6 Å². The Balaban J connectivity index is 2.03. The molecule has 1 fully saturated rings. The summed E-state index contributed by atoms with van der Waals surface area (Å²) >= 11 is 0. The van der Waals surface area contributed by atoms with Gasteiger partial charge in [-0.15, -0.1) is 0 Å². The highest BCUT2D eigenvalue weighted by Crippen LogP contribution is 2.44. The third-order valence-electron chi connectivity index (χ3n) is 5.83. The van der Waals surface area contributed by atoms with E-state index in [0.29, 0.717) is 31.2 Å². The number of halogens is 3. The first-order valence-electron chi connectivity index (χ1n) is 10.0. The van der Waals surface area contributed by atoms with Gasteiger partial charge in [0, 0.05) is 14.1 Å². The number of hydrogen-bond acceptors (Lipinski definition) is 4. The van der Waals surface area contributed by atoms with E-state index in [1.165, 1.54) is 51.5 Å². The van der Waals surface area contributed by atoms with Gasteiger partial charge in [0.05, 0.1) is 28.7 Å². The molecule has 32 heavy (non-hydrogen) atoms. The summed E-state index contributed by atoms with van der Waals surface area (Å²) in [6, 6.07) is 8.92. The fourth-order valence-electron chi connectivity index (χ4n) is 4.02. The predicted octanol–water partition coefficient (Wildman–Crippen LogP) is 4.41. The molecule has 1 aliphatic carbocycles. The van der Waals surface area contributed by atoms with Crippen molar-refractivity contribution in [2.24, 2.45) is 0 Å². The lowest BCUT2D eigenvalue weighted by Crippen LogP contribution is -2.38. The van der Waals surface area contributed by atoms with Crippen LogP contribution in [0.2, 0.25) is 0 Å². The summed E-state index contributed by atoms with van der Waals surface area (Å²) in [5.41, 5.74) is -1.54. The third-order valence-corrected chi connectivity index (χ3v) is 7.64. The molecule has 0 radical (unpaired) electrons. The van der Waals surface area contributed by atoms with Gasteiger partial charge in [0.1, 0.15) is 5.75 Å². The second-order valence-corrected chi connectivity index (χ2v) is 10.1. The van der Waals surface area contributed by atoms with E-state index < -0.39 is 33.1 Å². The van der Waals surface area contributed by atoms with Crippen LogP contribution in [0.5, 0.6) is 5.75 Å². The lowest BCUT2D eigenvalue weighted by molar-refractivity contribution is -0.137. The fraction of sp³-hybridized carbons (Fsp3) is 0.409. The molecule has 1 N–H and O–H groups in total. The van der Waals surface area contributed by atoms with E-state index in [4.69, 9.17) is 4.74 Å². The van der Waals surface area contributed by atoms with E-state index in [2.05, 4.69) is 5.32 Å². The minimum absolute atomic E-state index is 0.0434. The molecule has 0 heterocycles. The molecule has 1 saturated carbocycles. The number of nitrogens with zero attached hydrogens (tertiary/aromatic N) is 1. The Morgan fingerprint density at radius 2 is 1.75 bits per heavy atom. The number of anilines is 1. The van der Waals surface area contributed by atoms with Crippen molar-refractivity contribution in [2.45, 2.75) is 42.2 Å². The summed E-state index contributed by atoms with van der Waals surface area (Å²) in [5.74, 6) is -0.250. The van der Waals surface area contributed by atoms with Crippen molar-refractivity contribution in [1.29, 1.82) is 0 Å². The zero-order valence-corrected chi connectivity index (χ0v) is 18.8. The molecule has 10 heteroatoms. The van der Waals surface area contributed by atoms with Crippen molar-refractivity contribution in [1.82, 2.24) is 4.31 Å². The Morgan fingerprint density at radius 1 is 1.09 bits per heavy atom. The van der Waals surface area contributed by atoms with Crippen molar-refractivity contribution in [3.8, 4) is 5.75 Å². The molecule has 6 nitrogen and oxygen atoms in total. The molecule has 1 amide bonds. The molecule has 0 saturated heterocycles. The summed E-state index contributed by atoms with van der Waals surface area (Å²) in [6.45, 7) is 0. The summed E-state index contributed by atoms with van der Waals surface area (Å²) in [6.07, 6.45) is -2.37. The molecule has 174 valence electrons. The van der Waals surface area contributed by atoms with Crippen LogP contribution in [-0.2, 0) is 26.4 Å². The summed E-state index contributed by atoms with van der Waals surface area (Å²) in [7, 11) is 0.387.